The fourth-order valence-electron chi connectivity index (χ4n) is 1.53. The van der Waals surface area contributed by atoms with Crippen molar-refractivity contribution in [1.29, 1.82) is 0 Å². The largest absolute Gasteiger partial charge is 0.372 e. The third-order valence-corrected chi connectivity index (χ3v) is 2.49. The monoisotopic (exact) mass is 189 g/mol. The number of anilines is 1. The third kappa shape index (κ3) is 1.05. The van der Waals surface area contributed by atoms with Crippen LogP contribution >= 0.6 is 0 Å². The van der Waals surface area contributed by atoms with Gasteiger partial charge in [-0.05, 0) is 25.0 Å². The number of hydrogen-bond donors (Lipinski definition) is 1. The van der Waals surface area contributed by atoms with Crippen LogP contribution in [0.3, 0.4) is 0 Å². The zero-order chi connectivity index (χ0) is 9.54. The minimum absolute atomic E-state index is 0.574. The van der Waals surface area contributed by atoms with Crippen molar-refractivity contribution in [2.45, 2.75) is 18.8 Å². The van der Waals surface area contributed by atoms with Gasteiger partial charge in [-0.3, -0.25) is 0 Å². The minimum Gasteiger partial charge on any atom is -0.372 e. The van der Waals surface area contributed by atoms with Crippen LogP contribution in [0.25, 0.3) is 5.65 Å². The Bertz CT molecular complexity index is 471. The molecular formula is C9H11N5. The molecule has 1 aliphatic rings. The van der Waals surface area contributed by atoms with E-state index >= 15 is 0 Å². The second-order valence-corrected chi connectivity index (χ2v) is 3.57. The van der Waals surface area contributed by atoms with Gasteiger partial charge in [0.25, 0.3) is 0 Å². The summed E-state index contributed by atoms with van der Waals surface area (Å²) in [5, 5.41) is 15.6. The number of fused-ring (bicyclic) bond motifs is 1. The number of nitrogens with zero attached hydrogens (tertiary/aromatic N) is 4. The van der Waals surface area contributed by atoms with Crippen molar-refractivity contribution in [2.75, 3.05) is 12.4 Å². The normalized spacial score (nSPS) is 16.1. The molecule has 0 unspecified atom stereocenters. The van der Waals surface area contributed by atoms with Crippen molar-refractivity contribution < 1.29 is 0 Å². The lowest BCUT2D eigenvalue weighted by atomic mass is 10.4. The molecule has 14 heavy (non-hydrogen) atoms. The molecule has 1 saturated carbocycles. The molecule has 2 heterocycles. The summed E-state index contributed by atoms with van der Waals surface area (Å²) in [4.78, 5) is 0. The Hall–Kier alpha value is -1.65. The Kier molecular flexibility index (Phi) is 1.47. The summed E-state index contributed by atoms with van der Waals surface area (Å²) in [6, 6.07) is 3.83. The summed E-state index contributed by atoms with van der Waals surface area (Å²) in [5.74, 6) is 2.42. The number of nitrogens with one attached hydrogen (secondary N) is 1. The van der Waals surface area contributed by atoms with Crippen molar-refractivity contribution in [1.82, 2.24) is 19.8 Å². The Balaban J connectivity index is 2.20. The molecule has 0 bridgehead atoms. The molecule has 3 rings (SSSR count). The molecule has 72 valence electrons. The van der Waals surface area contributed by atoms with E-state index in [2.05, 4.69) is 20.6 Å². The van der Waals surface area contributed by atoms with Gasteiger partial charge >= 0.3 is 0 Å². The first kappa shape index (κ1) is 7.73. The van der Waals surface area contributed by atoms with E-state index in [1.165, 1.54) is 12.8 Å². The highest BCUT2D eigenvalue weighted by Gasteiger charge is 2.29. The third-order valence-electron chi connectivity index (χ3n) is 2.49. The maximum absolute atomic E-state index is 4.40. The number of rotatable bonds is 2. The van der Waals surface area contributed by atoms with Crippen LogP contribution in [0.1, 0.15) is 24.6 Å². The zero-order valence-corrected chi connectivity index (χ0v) is 7.94. The standard InChI is InChI=1S/C9H11N5/c1-10-7-4-5-8-11-12-9(6-2-3-6)14(8)13-7/h4-6H,2-3H2,1H3,(H,10,13). The van der Waals surface area contributed by atoms with E-state index in [-0.39, 0.29) is 0 Å². The summed E-state index contributed by atoms with van der Waals surface area (Å²) in [5.41, 5.74) is 0.825. The predicted octanol–water partition coefficient (Wildman–Crippen LogP) is 1.04. The van der Waals surface area contributed by atoms with E-state index in [1.54, 1.807) is 0 Å². The van der Waals surface area contributed by atoms with Crippen LogP contribution in [-0.2, 0) is 0 Å². The van der Waals surface area contributed by atoms with E-state index in [1.807, 2.05) is 23.7 Å². The van der Waals surface area contributed by atoms with Crippen molar-refractivity contribution in [3.8, 4) is 0 Å². The SMILES string of the molecule is CNc1ccc2nnc(C3CC3)n2n1. The molecule has 2 aromatic heterocycles. The molecule has 0 amide bonds. The van der Waals surface area contributed by atoms with Crippen LogP contribution in [0.2, 0.25) is 0 Å². The molecule has 0 radical (unpaired) electrons. The summed E-state index contributed by atoms with van der Waals surface area (Å²) in [6.45, 7) is 0. The van der Waals surface area contributed by atoms with E-state index < -0.39 is 0 Å². The summed E-state index contributed by atoms with van der Waals surface area (Å²) in [6.07, 6.45) is 2.43. The van der Waals surface area contributed by atoms with Crippen LogP contribution in [0.15, 0.2) is 12.1 Å². The molecule has 0 aliphatic heterocycles. The highest BCUT2D eigenvalue weighted by molar-refractivity contribution is 5.44. The first-order valence-electron chi connectivity index (χ1n) is 4.78. The quantitative estimate of drug-likeness (QED) is 0.767. The number of hydrogen-bond acceptors (Lipinski definition) is 4. The van der Waals surface area contributed by atoms with Crippen LogP contribution in [0.4, 0.5) is 5.82 Å². The highest BCUT2D eigenvalue weighted by Crippen LogP contribution is 2.38. The molecule has 2 aromatic rings. The Morgan fingerprint density at radius 1 is 1.36 bits per heavy atom. The van der Waals surface area contributed by atoms with Gasteiger partial charge in [0.05, 0.1) is 0 Å². The van der Waals surface area contributed by atoms with Crippen LogP contribution in [0, 0.1) is 0 Å². The van der Waals surface area contributed by atoms with Gasteiger partial charge in [-0.15, -0.1) is 15.3 Å². The molecular weight excluding hydrogens is 178 g/mol. The summed E-state index contributed by atoms with van der Waals surface area (Å²) < 4.78 is 1.84. The Labute approximate surface area is 81.1 Å². The summed E-state index contributed by atoms with van der Waals surface area (Å²) in [7, 11) is 1.86. The molecule has 5 heteroatoms. The fraction of sp³-hybridized carbons (Fsp3) is 0.444. The number of aromatic nitrogens is 4. The molecule has 5 nitrogen and oxygen atoms in total. The average molecular weight is 189 g/mol. The van der Waals surface area contributed by atoms with Gasteiger partial charge in [-0.2, -0.15) is 4.52 Å². The van der Waals surface area contributed by atoms with Gasteiger partial charge in [0, 0.05) is 13.0 Å². The maximum atomic E-state index is 4.40. The first-order valence-corrected chi connectivity index (χ1v) is 4.78. The fourth-order valence-corrected chi connectivity index (χ4v) is 1.53. The van der Waals surface area contributed by atoms with Crippen molar-refractivity contribution >= 4 is 11.5 Å². The maximum Gasteiger partial charge on any atom is 0.178 e. The molecule has 1 aliphatic carbocycles. The van der Waals surface area contributed by atoms with Crippen molar-refractivity contribution in [3.05, 3.63) is 18.0 Å². The second kappa shape index (κ2) is 2.67. The molecule has 0 atom stereocenters. The average Bonchev–Trinajstić information content (AvgIpc) is 2.98. The lowest BCUT2D eigenvalue weighted by Gasteiger charge is -2.00. The van der Waals surface area contributed by atoms with Crippen molar-refractivity contribution in [3.63, 3.8) is 0 Å². The first-order chi connectivity index (χ1) is 6.88. The van der Waals surface area contributed by atoms with E-state index in [0.29, 0.717) is 5.92 Å². The van der Waals surface area contributed by atoms with Crippen LogP contribution in [-0.4, -0.2) is 26.9 Å². The van der Waals surface area contributed by atoms with Crippen LogP contribution < -0.4 is 5.32 Å². The lowest BCUT2D eigenvalue weighted by Crippen LogP contribution is -2.01. The smallest absolute Gasteiger partial charge is 0.178 e. The van der Waals surface area contributed by atoms with Gasteiger partial charge in [-0.25, -0.2) is 0 Å². The predicted molar refractivity (Wildman–Crippen MR) is 52.3 cm³/mol. The minimum atomic E-state index is 0.574. The van der Waals surface area contributed by atoms with E-state index in [0.717, 1.165) is 17.3 Å². The van der Waals surface area contributed by atoms with Gasteiger partial charge in [0.1, 0.15) is 5.82 Å². The van der Waals surface area contributed by atoms with E-state index in [9.17, 15) is 0 Å². The molecule has 0 saturated heterocycles. The summed E-state index contributed by atoms with van der Waals surface area (Å²) >= 11 is 0. The second-order valence-electron chi connectivity index (χ2n) is 3.57. The molecule has 0 spiro atoms. The van der Waals surface area contributed by atoms with Gasteiger partial charge in [-0.1, -0.05) is 0 Å². The van der Waals surface area contributed by atoms with Gasteiger partial charge in [0.2, 0.25) is 0 Å². The highest BCUT2D eigenvalue weighted by atomic mass is 15.4. The van der Waals surface area contributed by atoms with E-state index in [4.69, 9.17) is 0 Å². The van der Waals surface area contributed by atoms with Gasteiger partial charge < -0.3 is 5.32 Å². The lowest BCUT2D eigenvalue weighted by molar-refractivity contribution is 0.817. The van der Waals surface area contributed by atoms with Crippen molar-refractivity contribution in [2.24, 2.45) is 0 Å². The molecule has 1 fully saturated rings. The molecule has 0 aromatic carbocycles. The van der Waals surface area contributed by atoms with Gasteiger partial charge in [0.15, 0.2) is 11.5 Å². The Morgan fingerprint density at radius 3 is 2.93 bits per heavy atom. The van der Waals surface area contributed by atoms with Crippen LogP contribution in [0.5, 0.6) is 0 Å². The molecule has 1 N–H and O–H groups in total. The zero-order valence-electron chi connectivity index (χ0n) is 7.94. The topological polar surface area (TPSA) is 55.1 Å². The Morgan fingerprint density at radius 2 is 2.21 bits per heavy atom.